The van der Waals surface area contributed by atoms with Gasteiger partial charge in [-0.25, -0.2) is 8.42 Å². The first-order chi connectivity index (χ1) is 7.78. The maximum atomic E-state index is 12.0. The number of halogens is 1. The lowest BCUT2D eigenvalue weighted by atomic mass is 10.2. The fourth-order valence-electron chi connectivity index (χ4n) is 1.31. The highest BCUT2D eigenvalue weighted by Gasteiger charge is 2.24. The Morgan fingerprint density at radius 1 is 1.41 bits per heavy atom. The number of nitrogens with zero attached hydrogens (tertiary/aromatic N) is 1. The minimum absolute atomic E-state index is 0.0515. The van der Waals surface area contributed by atoms with Crippen LogP contribution < -0.4 is 0 Å². The summed E-state index contributed by atoms with van der Waals surface area (Å²) >= 11 is 5.52. The van der Waals surface area contributed by atoms with E-state index < -0.39 is 20.0 Å². The minimum atomic E-state index is -3.60. The van der Waals surface area contributed by atoms with Gasteiger partial charge in [0, 0.05) is 18.0 Å². The van der Waals surface area contributed by atoms with E-state index in [2.05, 4.69) is 0 Å². The molecular weight excluding hydrogens is 266 g/mol. The number of rotatable bonds is 4. The van der Waals surface area contributed by atoms with E-state index in [0.717, 1.165) is 6.07 Å². The van der Waals surface area contributed by atoms with Crippen LogP contribution in [0.1, 0.15) is 12.5 Å². The number of hydrogen-bond donors (Lipinski definition) is 0. The fourth-order valence-corrected chi connectivity index (χ4v) is 3.08. The summed E-state index contributed by atoms with van der Waals surface area (Å²) in [5, 5.41) is 9.88. The second-order valence-electron chi connectivity index (χ2n) is 3.77. The molecule has 0 heterocycles. The molecular formula is C10H12ClNO4S. The topological polar surface area (TPSA) is 77.3 Å². The smallest absolute Gasteiger partial charge is 0.258 e. The Hall–Kier alpha value is -1.14. The molecule has 0 spiro atoms. The molecule has 17 heavy (non-hydrogen) atoms. The Labute approximate surface area is 104 Å². The van der Waals surface area contributed by atoms with Crippen molar-refractivity contribution >= 4 is 27.1 Å². The maximum Gasteiger partial charge on any atom is 0.270 e. The number of non-ortho nitro benzene ring substituents is 1. The van der Waals surface area contributed by atoms with Crippen LogP contribution in [0, 0.1) is 17.0 Å². The summed E-state index contributed by atoms with van der Waals surface area (Å²) in [6, 6.07) is 3.79. The first kappa shape index (κ1) is 13.9. The van der Waals surface area contributed by atoms with Gasteiger partial charge in [0.1, 0.15) is 0 Å². The van der Waals surface area contributed by atoms with E-state index in [1.54, 1.807) is 6.92 Å². The molecule has 94 valence electrons. The zero-order valence-corrected chi connectivity index (χ0v) is 11.0. The summed E-state index contributed by atoms with van der Waals surface area (Å²) in [5.74, 6) is -0.0515. The Balaban J connectivity index is 3.37. The lowest BCUT2D eigenvalue weighted by Gasteiger charge is -2.10. The molecule has 0 saturated carbocycles. The third-order valence-corrected chi connectivity index (χ3v) is 5.09. The van der Waals surface area contributed by atoms with Gasteiger partial charge in [-0.1, -0.05) is 0 Å². The van der Waals surface area contributed by atoms with Gasteiger partial charge in [0.25, 0.3) is 5.69 Å². The molecule has 0 radical (unpaired) electrons. The van der Waals surface area contributed by atoms with Crippen molar-refractivity contribution in [2.75, 3.05) is 5.88 Å². The summed E-state index contributed by atoms with van der Waals surface area (Å²) in [5.41, 5.74) is 0.296. The van der Waals surface area contributed by atoms with Crippen molar-refractivity contribution in [3.8, 4) is 0 Å². The summed E-state index contributed by atoms with van der Waals surface area (Å²) in [7, 11) is -3.60. The molecule has 0 bridgehead atoms. The van der Waals surface area contributed by atoms with Gasteiger partial charge < -0.3 is 0 Å². The molecule has 1 aromatic rings. The Morgan fingerprint density at radius 2 is 2.00 bits per heavy atom. The normalized spacial score (nSPS) is 13.4. The predicted octanol–water partition coefficient (Wildman–Crippen LogP) is 2.30. The molecule has 0 fully saturated rings. The lowest BCUT2D eigenvalue weighted by Crippen LogP contribution is -2.19. The SMILES string of the molecule is Cc1cc([N+](=O)[O-])cc(S(=O)(=O)C(C)CCl)c1. The number of benzene rings is 1. The number of hydrogen-bond acceptors (Lipinski definition) is 4. The lowest BCUT2D eigenvalue weighted by molar-refractivity contribution is -0.385. The van der Waals surface area contributed by atoms with Gasteiger partial charge >= 0.3 is 0 Å². The summed E-state index contributed by atoms with van der Waals surface area (Å²) in [6.07, 6.45) is 0. The van der Waals surface area contributed by atoms with Crippen LogP contribution in [0.3, 0.4) is 0 Å². The molecule has 0 amide bonds. The molecule has 0 N–H and O–H groups in total. The van der Waals surface area contributed by atoms with Gasteiger partial charge in [-0.2, -0.15) is 0 Å². The second kappa shape index (κ2) is 5.01. The molecule has 5 nitrogen and oxygen atoms in total. The number of alkyl halides is 1. The quantitative estimate of drug-likeness (QED) is 0.481. The van der Waals surface area contributed by atoms with Gasteiger partial charge in [-0.15, -0.1) is 11.6 Å². The van der Waals surface area contributed by atoms with E-state index in [4.69, 9.17) is 11.6 Å². The third-order valence-electron chi connectivity index (χ3n) is 2.32. The van der Waals surface area contributed by atoms with Crippen LogP contribution in [-0.4, -0.2) is 24.5 Å². The average Bonchev–Trinajstić information content (AvgIpc) is 2.26. The minimum Gasteiger partial charge on any atom is -0.258 e. The number of sulfone groups is 1. The number of nitro benzene ring substituents is 1. The van der Waals surface area contributed by atoms with Crippen LogP contribution in [-0.2, 0) is 9.84 Å². The zero-order chi connectivity index (χ0) is 13.2. The third kappa shape index (κ3) is 2.95. The molecule has 1 rings (SSSR count). The van der Waals surface area contributed by atoms with E-state index in [1.165, 1.54) is 19.1 Å². The molecule has 7 heteroatoms. The number of nitro groups is 1. The van der Waals surface area contributed by atoms with Crippen molar-refractivity contribution in [3.63, 3.8) is 0 Å². The number of aryl methyl sites for hydroxylation is 1. The summed E-state index contributed by atoms with van der Waals surface area (Å²) in [4.78, 5) is 9.98. The fraction of sp³-hybridized carbons (Fsp3) is 0.400. The van der Waals surface area contributed by atoms with Gasteiger partial charge in [0.2, 0.25) is 0 Å². The van der Waals surface area contributed by atoms with Crippen molar-refractivity contribution in [2.24, 2.45) is 0 Å². The molecule has 1 atom stereocenters. The molecule has 1 aromatic carbocycles. The maximum absolute atomic E-state index is 12.0. The van der Waals surface area contributed by atoms with Crippen molar-refractivity contribution in [3.05, 3.63) is 33.9 Å². The Bertz CT molecular complexity index is 541. The van der Waals surface area contributed by atoms with Crippen molar-refractivity contribution < 1.29 is 13.3 Å². The zero-order valence-electron chi connectivity index (χ0n) is 9.38. The highest BCUT2D eigenvalue weighted by molar-refractivity contribution is 7.92. The second-order valence-corrected chi connectivity index (χ2v) is 6.45. The van der Waals surface area contributed by atoms with E-state index in [1.807, 2.05) is 0 Å². The van der Waals surface area contributed by atoms with Crippen LogP contribution >= 0.6 is 11.6 Å². The molecule has 0 aliphatic heterocycles. The van der Waals surface area contributed by atoms with E-state index in [9.17, 15) is 18.5 Å². The van der Waals surface area contributed by atoms with Gasteiger partial charge in [0.15, 0.2) is 9.84 Å². The van der Waals surface area contributed by atoms with E-state index >= 15 is 0 Å². The first-order valence-electron chi connectivity index (χ1n) is 4.85. The molecule has 0 saturated heterocycles. The molecule has 1 unspecified atom stereocenters. The molecule has 0 aliphatic carbocycles. The van der Waals surface area contributed by atoms with Crippen molar-refractivity contribution in [1.82, 2.24) is 0 Å². The summed E-state index contributed by atoms with van der Waals surface area (Å²) in [6.45, 7) is 3.08. The first-order valence-corrected chi connectivity index (χ1v) is 6.93. The monoisotopic (exact) mass is 277 g/mol. The van der Waals surface area contributed by atoms with Crippen LogP contribution in [0.5, 0.6) is 0 Å². The molecule has 0 aromatic heterocycles. The van der Waals surface area contributed by atoms with Gasteiger partial charge in [-0.05, 0) is 25.5 Å². The Kier molecular flexibility index (Phi) is 4.11. The largest absolute Gasteiger partial charge is 0.270 e. The van der Waals surface area contributed by atoms with Gasteiger partial charge in [-0.3, -0.25) is 10.1 Å². The predicted molar refractivity (Wildman–Crippen MR) is 65.2 cm³/mol. The highest BCUT2D eigenvalue weighted by Crippen LogP contribution is 2.23. The van der Waals surface area contributed by atoms with Gasteiger partial charge in [0.05, 0.1) is 15.1 Å². The average molecular weight is 278 g/mol. The Morgan fingerprint density at radius 3 is 2.47 bits per heavy atom. The van der Waals surface area contributed by atoms with E-state index in [0.29, 0.717) is 5.56 Å². The van der Waals surface area contributed by atoms with Crippen LogP contribution in [0.15, 0.2) is 23.1 Å². The van der Waals surface area contributed by atoms with Crippen LogP contribution in [0.2, 0.25) is 0 Å². The van der Waals surface area contributed by atoms with Crippen molar-refractivity contribution in [2.45, 2.75) is 24.0 Å². The molecule has 0 aliphatic rings. The summed E-state index contributed by atoms with van der Waals surface area (Å²) < 4.78 is 24.0. The van der Waals surface area contributed by atoms with Crippen molar-refractivity contribution in [1.29, 1.82) is 0 Å². The van der Waals surface area contributed by atoms with Crippen LogP contribution in [0.25, 0.3) is 0 Å². The highest BCUT2D eigenvalue weighted by atomic mass is 35.5. The van der Waals surface area contributed by atoms with Crippen LogP contribution in [0.4, 0.5) is 5.69 Å². The van der Waals surface area contributed by atoms with E-state index in [-0.39, 0.29) is 16.5 Å². The standard InChI is InChI=1S/C10H12ClNO4S/c1-7-3-9(12(13)14)5-10(4-7)17(15,16)8(2)6-11/h3-5,8H,6H2,1-2H3.